The van der Waals surface area contributed by atoms with E-state index in [1.165, 1.54) is 12.8 Å². The first-order chi connectivity index (χ1) is 4.74. The van der Waals surface area contributed by atoms with Crippen LogP contribution in [-0.4, -0.2) is 0 Å². The van der Waals surface area contributed by atoms with Gasteiger partial charge in [-0.2, -0.15) is 5.26 Å². The molecule has 0 N–H and O–H groups in total. The molecule has 0 saturated carbocycles. The smallest absolute Gasteiger partial charge is 0.0652 e. The molecular weight excluding hydrogens is 122 g/mol. The predicted octanol–water partition coefficient (Wildman–Crippen LogP) is 2.97. The fourth-order valence-electron chi connectivity index (χ4n) is 1.17. The lowest BCUT2D eigenvalue weighted by molar-refractivity contribution is 0.413. The van der Waals surface area contributed by atoms with E-state index in [-0.39, 0.29) is 5.92 Å². The maximum atomic E-state index is 8.52. The number of rotatable bonds is 4. The molecule has 1 atom stereocenters. The van der Waals surface area contributed by atoms with Crippen LogP contribution in [0.15, 0.2) is 0 Å². The number of nitriles is 1. The van der Waals surface area contributed by atoms with Crippen molar-refractivity contribution < 1.29 is 0 Å². The molecule has 1 nitrogen and oxygen atoms in total. The Morgan fingerprint density at radius 3 is 2.10 bits per heavy atom. The molecule has 0 rings (SSSR count). The van der Waals surface area contributed by atoms with Gasteiger partial charge in [0.25, 0.3) is 0 Å². The van der Waals surface area contributed by atoms with Gasteiger partial charge in [0.2, 0.25) is 0 Å². The SMILES string of the molecule is CCC(CC)CC(C)C#N. The molecule has 0 aliphatic rings. The Morgan fingerprint density at radius 1 is 1.30 bits per heavy atom. The van der Waals surface area contributed by atoms with Crippen LogP contribution < -0.4 is 0 Å². The molecule has 0 radical (unpaired) electrons. The Balaban J connectivity index is 3.54. The average Bonchev–Trinajstić information content (AvgIpc) is 1.99. The van der Waals surface area contributed by atoms with E-state index in [4.69, 9.17) is 5.26 Å². The highest BCUT2D eigenvalue weighted by molar-refractivity contribution is 4.80. The first-order valence-electron chi connectivity index (χ1n) is 4.14. The van der Waals surface area contributed by atoms with Crippen molar-refractivity contribution in [2.75, 3.05) is 0 Å². The van der Waals surface area contributed by atoms with Gasteiger partial charge in [0.1, 0.15) is 0 Å². The van der Waals surface area contributed by atoms with Gasteiger partial charge in [0.05, 0.1) is 6.07 Å². The van der Waals surface area contributed by atoms with Gasteiger partial charge < -0.3 is 0 Å². The van der Waals surface area contributed by atoms with Gasteiger partial charge in [-0.1, -0.05) is 26.7 Å². The Kier molecular flexibility index (Phi) is 5.02. The summed E-state index contributed by atoms with van der Waals surface area (Å²) in [5.41, 5.74) is 0. The molecule has 0 bridgehead atoms. The minimum Gasteiger partial charge on any atom is -0.198 e. The van der Waals surface area contributed by atoms with Gasteiger partial charge in [-0.15, -0.1) is 0 Å². The van der Waals surface area contributed by atoms with E-state index in [0.29, 0.717) is 0 Å². The number of hydrogen-bond donors (Lipinski definition) is 0. The number of hydrogen-bond acceptors (Lipinski definition) is 1. The van der Waals surface area contributed by atoms with E-state index in [0.717, 1.165) is 12.3 Å². The van der Waals surface area contributed by atoms with Gasteiger partial charge in [-0.05, 0) is 19.3 Å². The lowest BCUT2D eigenvalue weighted by Gasteiger charge is -2.12. The van der Waals surface area contributed by atoms with Gasteiger partial charge >= 0.3 is 0 Å². The Hall–Kier alpha value is -0.510. The van der Waals surface area contributed by atoms with Crippen LogP contribution in [0.2, 0.25) is 0 Å². The fraction of sp³-hybridized carbons (Fsp3) is 0.889. The third-order valence-electron chi connectivity index (χ3n) is 2.06. The summed E-state index contributed by atoms with van der Waals surface area (Å²) in [6.07, 6.45) is 3.49. The van der Waals surface area contributed by atoms with Crippen molar-refractivity contribution in [3.8, 4) is 6.07 Å². The normalized spacial score (nSPS) is 13.1. The summed E-state index contributed by atoms with van der Waals surface area (Å²) < 4.78 is 0. The summed E-state index contributed by atoms with van der Waals surface area (Å²) in [4.78, 5) is 0. The maximum absolute atomic E-state index is 8.52. The van der Waals surface area contributed by atoms with Crippen molar-refractivity contribution in [2.45, 2.75) is 40.0 Å². The Morgan fingerprint density at radius 2 is 1.80 bits per heavy atom. The average molecular weight is 139 g/mol. The molecule has 0 aromatic carbocycles. The standard InChI is InChI=1S/C9H17N/c1-4-9(5-2)6-8(3)7-10/h8-9H,4-6H2,1-3H3. The Labute approximate surface area is 64.1 Å². The topological polar surface area (TPSA) is 23.8 Å². The molecule has 0 aliphatic carbocycles. The predicted molar refractivity (Wildman–Crippen MR) is 43.5 cm³/mol. The number of nitrogens with zero attached hydrogens (tertiary/aromatic N) is 1. The first kappa shape index (κ1) is 9.49. The second-order valence-corrected chi connectivity index (χ2v) is 2.95. The van der Waals surface area contributed by atoms with Crippen LogP contribution in [0.5, 0.6) is 0 Å². The maximum Gasteiger partial charge on any atom is 0.0652 e. The monoisotopic (exact) mass is 139 g/mol. The summed E-state index contributed by atoms with van der Waals surface area (Å²) in [6, 6.07) is 2.26. The molecule has 58 valence electrons. The highest BCUT2D eigenvalue weighted by atomic mass is 14.3. The second-order valence-electron chi connectivity index (χ2n) is 2.95. The molecule has 0 heterocycles. The highest BCUT2D eigenvalue weighted by Gasteiger charge is 2.07. The molecule has 0 amide bonds. The fourth-order valence-corrected chi connectivity index (χ4v) is 1.17. The van der Waals surface area contributed by atoms with Gasteiger partial charge in [-0.25, -0.2) is 0 Å². The van der Waals surface area contributed by atoms with E-state index in [9.17, 15) is 0 Å². The van der Waals surface area contributed by atoms with Crippen LogP contribution in [0.1, 0.15) is 40.0 Å². The zero-order valence-electron chi connectivity index (χ0n) is 7.22. The minimum absolute atomic E-state index is 0.241. The van der Waals surface area contributed by atoms with E-state index in [1.807, 2.05) is 6.92 Å². The minimum atomic E-state index is 0.241. The van der Waals surface area contributed by atoms with Crippen LogP contribution in [0.4, 0.5) is 0 Å². The highest BCUT2D eigenvalue weighted by Crippen LogP contribution is 2.17. The van der Waals surface area contributed by atoms with Crippen molar-refractivity contribution in [3.05, 3.63) is 0 Å². The van der Waals surface area contributed by atoms with Crippen LogP contribution in [-0.2, 0) is 0 Å². The van der Waals surface area contributed by atoms with E-state index >= 15 is 0 Å². The van der Waals surface area contributed by atoms with Gasteiger partial charge in [0.15, 0.2) is 0 Å². The summed E-state index contributed by atoms with van der Waals surface area (Å²) in [5, 5.41) is 8.52. The van der Waals surface area contributed by atoms with Crippen molar-refractivity contribution >= 4 is 0 Å². The summed E-state index contributed by atoms with van der Waals surface area (Å²) >= 11 is 0. The molecule has 0 aliphatic heterocycles. The summed E-state index contributed by atoms with van der Waals surface area (Å²) in [7, 11) is 0. The third kappa shape index (κ3) is 3.50. The van der Waals surface area contributed by atoms with Gasteiger partial charge in [0, 0.05) is 5.92 Å². The van der Waals surface area contributed by atoms with Crippen molar-refractivity contribution in [1.29, 1.82) is 5.26 Å². The second kappa shape index (κ2) is 5.29. The molecule has 0 aromatic heterocycles. The lowest BCUT2D eigenvalue weighted by Crippen LogP contribution is -2.02. The van der Waals surface area contributed by atoms with Crippen molar-refractivity contribution in [2.24, 2.45) is 11.8 Å². The molecule has 0 spiro atoms. The Bertz CT molecular complexity index is 108. The quantitative estimate of drug-likeness (QED) is 0.587. The van der Waals surface area contributed by atoms with Crippen LogP contribution in [0.25, 0.3) is 0 Å². The van der Waals surface area contributed by atoms with E-state index in [2.05, 4.69) is 19.9 Å². The summed E-state index contributed by atoms with van der Waals surface area (Å²) in [5.74, 6) is 1.000. The van der Waals surface area contributed by atoms with Crippen LogP contribution in [0.3, 0.4) is 0 Å². The van der Waals surface area contributed by atoms with Gasteiger partial charge in [-0.3, -0.25) is 0 Å². The molecule has 10 heavy (non-hydrogen) atoms. The molecule has 0 fully saturated rings. The van der Waals surface area contributed by atoms with Crippen LogP contribution in [0, 0.1) is 23.2 Å². The molecule has 0 aromatic rings. The first-order valence-corrected chi connectivity index (χ1v) is 4.14. The molecule has 1 unspecified atom stereocenters. The van der Waals surface area contributed by atoms with Crippen LogP contribution >= 0.6 is 0 Å². The zero-order valence-corrected chi connectivity index (χ0v) is 7.22. The summed E-state index contributed by atoms with van der Waals surface area (Å²) in [6.45, 7) is 6.38. The van der Waals surface area contributed by atoms with Crippen molar-refractivity contribution in [3.63, 3.8) is 0 Å². The lowest BCUT2D eigenvalue weighted by atomic mass is 9.93. The van der Waals surface area contributed by atoms with E-state index in [1.54, 1.807) is 0 Å². The zero-order chi connectivity index (χ0) is 7.98. The molecular formula is C9H17N. The third-order valence-corrected chi connectivity index (χ3v) is 2.06. The largest absolute Gasteiger partial charge is 0.198 e. The van der Waals surface area contributed by atoms with E-state index < -0.39 is 0 Å². The van der Waals surface area contributed by atoms with Crippen molar-refractivity contribution in [1.82, 2.24) is 0 Å². The molecule has 0 saturated heterocycles. The molecule has 1 heteroatoms.